The second kappa shape index (κ2) is 20.7. The van der Waals surface area contributed by atoms with E-state index >= 15 is 0 Å². The van der Waals surface area contributed by atoms with E-state index in [0.717, 1.165) is 69.4 Å². The van der Waals surface area contributed by atoms with Gasteiger partial charge in [0.05, 0.1) is 33.7 Å². The molecule has 2 fully saturated rings. The van der Waals surface area contributed by atoms with Crippen molar-refractivity contribution in [3.63, 3.8) is 0 Å². The van der Waals surface area contributed by atoms with Crippen molar-refractivity contribution in [2.24, 2.45) is 0 Å². The molecule has 0 aromatic carbocycles. The van der Waals surface area contributed by atoms with Crippen molar-refractivity contribution < 1.29 is 14.1 Å². The minimum absolute atomic E-state index is 0.119. The van der Waals surface area contributed by atoms with Crippen molar-refractivity contribution in [2.75, 3.05) is 60.4 Å². The number of quaternary nitrogens is 1. The lowest BCUT2D eigenvalue weighted by Crippen LogP contribution is -2.69. The smallest absolute Gasteiger partial charge is 0.222 e. The molecule has 2 saturated heterocycles. The van der Waals surface area contributed by atoms with Gasteiger partial charge in [-0.2, -0.15) is 0 Å². The van der Waals surface area contributed by atoms with E-state index < -0.39 is 0 Å². The third-order valence-electron chi connectivity index (χ3n) is 10.2. The van der Waals surface area contributed by atoms with Crippen LogP contribution in [0.3, 0.4) is 0 Å². The number of hydrogen-bond acceptors (Lipinski definition) is 3. The Morgan fingerprint density at radius 2 is 1.07 bits per heavy atom. The summed E-state index contributed by atoms with van der Waals surface area (Å²) in [6.45, 7) is 7.70. The number of nitrogens with one attached hydrogen (secondary N) is 1. The topological polar surface area (TPSA) is 52.7 Å². The summed E-state index contributed by atoms with van der Waals surface area (Å²) in [6, 6.07) is 0. The van der Waals surface area contributed by atoms with Crippen molar-refractivity contribution in [1.82, 2.24) is 15.1 Å². The van der Waals surface area contributed by atoms with E-state index in [2.05, 4.69) is 36.1 Å². The molecule has 1 N–H and O–H groups in total. The number of likely N-dealkylation sites (N-methyl/N-ethyl adjacent to an activating group) is 1. The number of carbonyl (C=O) groups is 2. The molecular weight excluding hydrogens is 508 g/mol. The highest BCUT2D eigenvalue weighted by Gasteiger charge is 2.49. The van der Waals surface area contributed by atoms with Gasteiger partial charge < -0.3 is 19.6 Å². The van der Waals surface area contributed by atoms with Gasteiger partial charge >= 0.3 is 0 Å². The van der Waals surface area contributed by atoms with Crippen LogP contribution in [0, 0.1) is 0 Å². The number of likely N-dealkylation sites (tertiary alicyclic amines) is 2. The number of unbranched alkanes of at least 4 members (excludes halogenated alkanes) is 15. The second-order valence-corrected chi connectivity index (χ2v) is 14.0. The van der Waals surface area contributed by atoms with Crippen molar-refractivity contribution in [3.8, 4) is 0 Å². The van der Waals surface area contributed by atoms with Gasteiger partial charge in [0.2, 0.25) is 11.8 Å². The molecule has 0 atom stereocenters. The molecule has 0 aliphatic carbocycles. The number of amides is 2. The molecule has 240 valence electrons. The summed E-state index contributed by atoms with van der Waals surface area (Å²) in [4.78, 5) is 29.7. The molecule has 6 nitrogen and oxygen atoms in total. The second-order valence-electron chi connectivity index (χ2n) is 14.0. The Labute approximate surface area is 254 Å². The molecule has 0 spiro atoms. The van der Waals surface area contributed by atoms with Gasteiger partial charge in [0.15, 0.2) is 0 Å². The summed E-state index contributed by atoms with van der Waals surface area (Å²) in [5.41, 5.74) is -0.119. The average Bonchev–Trinajstić information content (AvgIpc) is 3.54. The predicted octanol–water partition coefficient (Wildman–Crippen LogP) is 7.31. The van der Waals surface area contributed by atoms with Crippen LogP contribution in [0.5, 0.6) is 0 Å². The number of rotatable bonds is 26. The maximum atomic E-state index is 12.8. The maximum Gasteiger partial charge on any atom is 0.222 e. The number of carbonyl (C=O) groups excluding carboxylic acids is 2. The predicted molar refractivity (Wildman–Crippen MR) is 174 cm³/mol. The van der Waals surface area contributed by atoms with Gasteiger partial charge in [-0.05, 0) is 45.7 Å². The Kier molecular flexibility index (Phi) is 18.2. The molecule has 0 radical (unpaired) electrons. The summed E-state index contributed by atoms with van der Waals surface area (Å²) < 4.78 is 0.892. The standard InChI is InChI=1S/C35H69N4O2/c1-5-6-7-8-9-10-11-12-13-14-15-16-17-18-19-20-30-39(3,4)35(26-23-27-36-2,31-37-28-21-24-33(37)40)32-38-29-22-25-34(38)41/h36H,5-32H2,1-4H3/q+1. The Morgan fingerprint density at radius 1 is 0.659 bits per heavy atom. The molecular formula is C35H69N4O2+. The molecule has 0 aromatic heterocycles. The number of hydrogen-bond donors (Lipinski definition) is 1. The lowest BCUT2D eigenvalue weighted by Gasteiger charge is -2.52. The van der Waals surface area contributed by atoms with Crippen molar-refractivity contribution in [3.05, 3.63) is 0 Å². The molecule has 2 aliphatic heterocycles. The summed E-state index contributed by atoms with van der Waals surface area (Å²) in [6.07, 6.45) is 27.7. The van der Waals surface area contributed by atoms with Crippen molar-refractivity contribution >= 4 is 11.8 Å². The Morgan fingerprint density at radius 3 is 1.44 bits per heavy atom. The van der Waals surface area contributed by atoms with Gasteiger partial charge in [-0.1, -0.05) is 96.8 Å². The van der Waals surface area contributed by atoms with E-state index in [1.165, 1.54) is 103 Å². The highest BCUT2D eigenvalue weighted by atomic mass is 16.2. The van der Waals surface area contributed by atoms with Crippen LogP contribution in [0.15, 0.2) is 0 Å². The van der Waals surface area contributed by atoms with Crippen molar-refractivity contribution in [2.45, 2.75) is 154 Å². The van der Waals surface area contributed by atoms with Gasteiger partial charge in [-0.25, -0.2) is 0 Å². The van der Waals surface area contributed by atoms with Gasteiger partial charge in [-0.15, -0.1) is 0 Å². The first-order valence-electron chi connectivity index (χ1n) is 17.9. The fourth-order valence-corrected chi connectivity index (χ4v) is 7.23. The lowest BCUT2D eigenvalue weighted by atomic mass is 9.86. The van der Waals surface area contributed by atoms with Crippen LogP contribution in [0.25, 0.3) is 0 Å². The molecule has 2 aliphatic rings. The molecule has 0 bridgehead atoms. The molecule has 41 heavy (non-hydrogen) atoms. The zero-order valence-electron chi connectivity index (χ0n) is 28.0. The third kappa shape index (κ3) is 13.4. The quantitative estimate of drug-likeness (QED) is 0.0866. The Balaban J connectivity index is 1.76. The van der Waals surface area contributed by atoms with Crippen LogP contribution in [0.2, 0.25) is 0 Å². The molecule has 6 heteroatoms. The fourth-order valence-electron chi connectivity index (χ4n) is 7.23. The highest BCUT2D eigenvalue weighted by molar-refractivity contribution is 5.79. The van der Waals surface area contributed by atoms with Gasteiger partial charge in [0, 0.05) is 32.4 Å². The molecule has 2 heterocycles. The molecule has 0 unspecified atom stereocenters. The maximum absolute atomic E-state index is 12.8. The molecule has 2 amide bonds. The van der Waals surface area contributed by atoms with Crippen molar-refractivity contribution in [1.29, 1.82) is 0 Å². The molecule has 0 aromatic rings. The third-order valence-corrected chi connectivity index (χ3v) is 10.2. The zero-order valence-corrected chi connectivity index (χ0v) is 28.0. The summed E-state index contributed by atoms with van der Waals surface area (Å²) in [7, 11) is 6.78. The SMILES string of the molecule is CCCCCCCCCCCCCCCCCC[N+](C)(C)C(CCCNC)(CN1CCCC1=O)CN1CCCC1=O. The largest absolute Gasteiger partial charge is 0.336 e. The van der Waals surface area contributed by atoms with E-state index in [-0.39, 0.29) is 5.54 Å². The summed E-state index contributed by atoms with van der Waals surface area (Å²) in [5, 5.41) is 3.33. The Hall–Kier alpha value is -1.14. The van der Waals surface area contributed by atoms with E-state index in [4.69, 9.17) is 0 Å². The van der Waals surface area contributed by atoms with Gasteiger partial charge in [0.25, 0.3) is 0 Å². The first kappa shape index (κ1) is 36.1. The average molecular weight is 578 g/mol. The van der Waals surface area contributed by atoms with E-state index in [1.807, 2.05) is 7.05 Å². The first-order chi connectivity index (χ1) is 19.8. The van der Waals surface area contributed by atoms with E-state index in [0.29, 0.717) is 24.7 Å². The van der Waals surface area contributed by atoms with Crippen LogP contribution in [-0.2, 0) is 9.59 Å². The number of nitrogens with zero attached hydrogens (tertiary/aromatic N) is 3. The van der Waals surface area contributed by atoms with E-state index in [1.54, 1.807) is 0 Å². The van der Waals surface area contributed by atoms with Crippen LogP contribution < -0.4 is 5.32 Å². The summed E-state index contributed by atoms with van der Waals surface area (Å²) >= 11 is 0. The highest BCUT2D eigenvalue weighted by Crippen LogP contribution is 2.33. The van der Waals surface area contributed by atoms with Crippen LogP contribution in [0.4, 0.5) is 0 Å². The molecule has 2 rings (SSSR count). The Bertz CT molecular complexity index is 682. The lowest BCUT2D eigenvalue weighted by molar-refractivity contribution is -0.941. The van der Waals surface area contributed by atoms with Crippen LogP contribution in [0.1, 0.15) is 148 Å². The minimum atomic E-state index is -0.119. The van der Waals surface area contributed by atoms with Crippen LogP contribution in [-0.4, -0.2) is 92.0 Å². The van der Waals surface area contributed by atoms with Gasteiger partial charge in [0.1, 0.15) is 5.54 Å². The molecule has 0 saturated carbocycles. The van der Waals surface area contributed by atoms with Gasteiger partial charge in [-0.3, -0.25) is 9.59 Å². The monoisotopic (exact) mass is 578 g/mol. The zero-order chi connectivity index (χ0) is 29.8. The summed E-state index contributed by atoms with van der Waals surface area (Å²) in [5.74, 6) is 0.608. The van der Waals surface area contributed by atoms with Crippen LogP contribution >= 0.6 is 0 Å². The fraction of sp³-hybridized carbons (Fsp3) is 0.943. The van der Waals surface area contributed by atoms with E-state index in [9.17, 15) is 9.59 Å². The minimum Gasteiger partial charge on any atom is -0.336 e. The first-order valence-corrected chi connectivity index (χ1v) is 17.9. The normalized spacial score (nSPS) is 16.5.